The van der Waals surface area contributed by atoms with E-state index in [0.717, 1.165) is 5.69 Å². The van der Waals surface area contributed by atoms with Gasteiger partial charge >= 0.3 is 0 Å². The summed E-state index contributed by atoms with van der Waals surface area (Å²) in [6, 6.07) is 4.07. The third kappa shape index (κ3) is 3.77. The first-order valence-corrected chi connectivity index (χ1v) is 9.89. The number of aliphatic hydroxyl groups excluding tert-OH is 2. The van der Waals surface area contributed by atoms with E-state index in [1.54, 1.807) is 11.9 Å². The molecular formula is C19H23ClFN5O4. The molecule has 9 nitrogen and oxygen atoms in total. The molecule has 2 aromatic rings. The van der Waals surface area contributed by atoms with E-state index in [1.165, 1.54) is 27.8 Å². The van der Waals surface area contributed by atoms with Crippen molar-refractivity contribution in [1.82, 2.24) is 19.6 Å². The molecule has 0 fully saturated rings. The van der Waals surface area contributed by atoms with Gasteiger partial charge in [-0.25, -0.2) is 4.39 Å². The quantitative estimate of drug-likeness (QED) is 0.504. The summed E-state index contributed by atoms with van der Waals surface area (Å²) in [5.41, 5.74) is 0.726. The number of rotatable bonds is 4. The number of fused-ring (bicyclic) bond motifs is 3. The molecule has 2 aliphatic rings. The maximum atomic E-state index is 13.4. The highest BCUT2D eigenvalue weighted by molar-refractivity contribution is 6.31. The van der Waals surface area contributed by atoms with Crippen LogP contribution in [0.2, 0.25) is 5.02 Å². The first kappa shape index (κ1) is 21.0. The number of β-amino-alcohol motifs (C(OH)–C–C–N with tert-alkyl or cyclic N) is 1. The predicted octanol–water partition coefficient (Wildman–Crippen LogP) is 0.231. The van der Waals surface area contributed by atoms with E-state index < -0.39 is 24.4 Å². The van der Waals surface area contributed by atoms with E-state index in [-0.39, 0.29) is 30.6 Å². The lowest BCUT2D eigenvalue weighted by Crippen LogP contribution is -2.47. The van der Waals surface area contributed by atoms with Crippen LogP contribution in [0.3, 0.4) is 0 Å². The number of aliphatic hydroxyl groups is 3. The fourth-order valence-corrected chi connectivity index (χ4v) is 4.14. The maximum Gasteiger partial charge on any atom is 0.272 e. The summed E-state index contributed by atoms with van der Waals surface area (Å²) in [4.78, 5) is 16.0. The smallest absolute Gasteiger partial charge is 0.272 e. The van der Waals surface area contributed by atoms with Crippen molar-refractivity contribution in [1.29, 1.82) is 0 Å². The van der Waals surface area contributed by atoms with Gasteiger partial charge in [0.15, 0.2) is 6.35 Å². The van der Waals surface area contributed by atoms with E-state index in [2.05, 4.69) is 10.4 Å². The van der Waals surface area contributed by atoms with E-state index in [0.29, 0.717) is 29.9 Å². The Labute approximate surface area is 177 Å². The zero-order valence-electron chi connectivity index (χ0n) is 16.3. The molecule has 30 heavy (non-hydrogen) atoms. The van der Waals surface area contributed by atoms with Gasteiger partial charge in [0.1, 0.15) is 17.1 Å². The van der Waals surface area contributed by atoms with Crippen LogP contribution < -0.4 is 5.32 Å². The Bertz CT molecular complexity index is 986. The summed E-state index contributed by atoms with van der Waals surface area (Å²) in [7, 11) is 1.56. The van der Waals surface area contributed by atoms with Crippen LogP contribution in [-0.4, -0.2) is 79.5 Å². The normalized spacial score (nSPS) is 23.0. The standard InChI is InChI=1S/C19H23ClFN5O4/c1-24-8-19(30,10-27)9-26-16(17(24)28)12-7-25(5-4-15(12)23-26)18(29)22-11-2-3-14(21)13(20)6-11/h2-3,6,18,22,27,29-30H,4-5,7-10H2,1H3. The first-order valence-electron chi connectivity index (χ1n) is 9.52. The van der Waals surface area contributed by atoms with Crippen LogP contribution in [0.15, 0.2) is 18.2 Å². The van der Waals surface area contributed by atoms with Crippen molar-refractivity contribution in [3.05, 3.63) is 46.0 Å². The van der Waals surface area contributed by atoms with Crippen LogP contribution in [-0.2, 0) is 19.5 Å². The van der Waals surface area contributed by atoms with Crippen molar-refractivity contribution in [2.24, 2.45) is 0 Å². The van der Waals surface area contributed by atoms with Crippen molar-refractivity contribution in [3.8, 4) is 0 Å². The summed E-state index contributed by atoms with van der Waals surface area (Å²) in [6.45, 7) is 0.214. The van der Waals surface area contributed by atoms with Gasteiger partial charge in [0.25, 0.3) is 5.91 Å². The lowest BCUT2D eigenvalue weighted by Gasteiger charge is -2.32. The van der Waals surface area contributed by atoms with Gasteiger partial charge in [0.2, 0.25) is 0 Å². The SMILES string of the molecule is CN1CC(O)(CO)Cn2nc3c(c2C1=O)CN(C(O)Nc1ccc(F)c(Cl)c1)CC3. The first-order chi connectivity index (χ1) is 14.2. The minimum absolute atomic E-state index is 0.00318. The van der Waals surface area contributed by atoms with Gasteiger partial charge in [-0.2, -0.15) is 5.10 Å². The predicted molar refractivity (Wildman–Crippen MR) is 106 cm³/mol. The van der Waals surface area contributed by atoms with Gasteiger partial charge in [-0.05, 0) is 18.2 Å². The number of amides is 1. The van der Waals surface area contributed by atoms with Crippen molar-refractivity contribution < 1.29 is 24.5 Å². The molecule has 0 aliphatic carbocycles. The largest absolute Gasteiger partial charge is 0.393 e. The highest BCUT2D eigenvalue weighted by atomic mass is 35.5. The van der Waals surface area contributed by atoms with Crippen LogP contribution in [0.4, 0.5) is 10.1 Å². The van der Waals surface area contributed by atoms with Crippen molar-refractivity contribution in [2.75, 3.05) is 32.1 Å². The Morgan fingerprint density at radius 3 is 2.87 bits per heavy atom. The summed E-state index contributed by atoms with van der Waals surface area (Å²) < 4.78 is 14.8. The molecule has 1 aromatic carbocycles. The Hall–Kier alpha value is -2.24. The van der Waals surface area contributed by atoms with Crippen LogP contribution in [0.25, 0.3) is 0 Å². The molecule has 0 radical (unpaired) electrons. The molecule has 0 bridgehead atoms. The number of nitrogens with one attached hydrogen (secondary N) is 1. The van der Waals surface area contributed by atoms with Crippen molar-refractivity contribution >= 4 is 23.2 Å². The van der Waals surface area contributed by atoms with Gasteiger partial charge in [-0.15, -0.1) is 0 Å². The number of aromatic nitrogens is 2. The minimum atomic E-state index is -1.48. The number of carbonyl (C=O) groups excluding carboxylic acids is 1. The second-order valence-corrected chi connectivity index (χ2v) is 8.25. The lowest BCUT2D eigenvalue weighted by atomic mass is 10.0. The molecule has 4 N–H and O–H groups in total. The topological polar surface area (TPSA) is 114 Å². The molecule has 0 saturated heterocycles. The molecule has 2 aliphatic heterocycles. The van der Waals surface area contributed by atoms with E-state index in [1.807, 2.05) is 0 Å². The van der Waals surface area contributed by atoms with Gasteiger partial charge < -0.3 is 25.5 Å². The van der Waals surface area contributed by atoms with Gasteiger partial charge in [0, 0.05) is 37.8 Å². The molecule has 0 saturated carbocycles. The van der Waals surface area contributed by atoms with Crippen LogP contribution >= 0.6 is 11.6 Å². The Balaban J connectivity index is 1.58. The third-order valence-electron chi connectivity index (χ3n) is 5.51. The maximum absolute atomic E-state index is 13.4. The van der Waals surface area contributed by atoms with Crippen molar-refractivity contribution in [2.45, 2.75) is 31.5 Å². The Morgan fingerprint density at radius 2 is 2.17 bits per heavy atom. The molecule has 1 aromatic heterocycles. The average Bonchev–Trinajstić information content (AvgIpc) is 3.02. The number of carbonyl (C=O) groups is 1. The average molecular weight is 440 g/mol. The molecule has 2 atom stereocenters. The number of anilines is 1. The van der Waals surface area contributed by atoms with Crippen LogP contribution in [0, 0.1) is 5.82 Å². The Kier molecular flexibility index (Phi) is 5.45. The lowest BCUT2D eigenvalue weighted by molar-refractivity contribution is -0.0414. The molecule has 4 rings (SSSR count). The summed E-state index contributed by atoms with van der Waals surface area (Å²) in [6.07, 6.45) is -0.601. The number of halogens is 2. The second-order valence-electron chi connectivity index (χ2n) is 7.84. The van der Waals surface area contributed by atoms with Gasteiger partial charge in [-0.1, -0.05) is 11.6 Å². The van der Waals surface area contributed by atoms with E-state index >= 15 is 0 Å². The molecule has 2 unspecified atom stereocenters. The summed E-state index contributed by atoms with van der Waals surface area (Å²) >= 11 is 5.79. The molecule has 3 heterocycles. The van der Waals surface area contributed by atoms with Gasteiger partial charge in [-0.3, -0.25) is 14.4 Å². The number of likely N-dealkylation sites (N-methyl/N-ethyl adjacent to an activating group) is 1. The molecular weight excluding hydrogens is 417 g/mol. The molecule has 162 valence electrons. The van der Waals surface area contributed by atoms with Crippen molar-refractivity contribution in [3.63, 3.8) is 0 Å². The fourth-order valence-electron chi connectivity index (χ4n) is 3.96. The Morgan fingerprint density at radius 1 is 1.40 bits per heavy atom. The minimum Gasteiger partial charge on any atom is -0.393 e. The zero-order chi connectivity index (χ0) is 21.6. The number of hydrogen-bond donors (Lipinski definition) is 4. The van der Waals surface area contributed by atoms with Crippen LogP contribution in [0.1, 0.15) is 21.7 Å². The summed E-state index contributed by atoms with van der Waals surface area (Å²) in [5, 5.41) is 38.1. The molecule has 11 heteroatoms. The molecule has 1 amide bonds. The second kappa shape index (κ2) is 7.78. The number of benzene rings is 1. The fraction of sp³-hybridized carbons (Fsp3) is 0.474. The zero-order valence-corrected chi connectivity index (χ0v) is 17.1. The highest BCUT2D eigenvalue weighted by Crippen LogP contribution is 2.28. The molecule has 0 spiro atoms. The monoisotopic (exact) mass is 439 g/mol. The number of hydrogen-bond acceptors (Lipinski definition) is 7. The van der Waals surface area contributed by atoms with Gasteiger partial charge in [0.05, 0.1) is 30.4 Å². The van der Waals surface area contributed by atoms with E-state index in [9.17, 15) is 24.5 Å². The highest BCUT2D eigenvalue weighted by Gasteiger charge is 2.40. The number of nitrogens with zero attached hydrogens (tertiary/aromatic N) is 4. The van der Waals surface area contributed by atoms with E-state index in [4.69, 9.17) is 11.6 Å². The third-order valence-corrected chi connectivity index (χ3v) is 5.80. The summed E-state index contributed by atoms with van der Waals surface area (Å²) in [5.74, 6) is -0.852. The van der Waals surface area contributed by atoms with Crippen LogP contribution in [0.5, 0.6) is 0 Å².